The molecule has 1 fully saturated rings. The summed E-state index contributed by atoms with van der Waals surface area (Å²) in [5.41, 5.74) is 1.84. The third kappa shape index (κ3) is 4.04. The van der Waals surface area contributed by atoms with Gasteiger partial charge in [0.1, 0.15) is 5.01 Å². The Balaban J connectivity index is 1.70. The van der Waals surface area contributed by atoms with Crippen LogP contribution < -0.4 is 0 Å². The number of amides is 1. The van der Waals surface area contributed by atoms with E-state index in [4.69, 9.17) is 0 Å². The molecule has 3 heterocycles. The lowest BCUT2D eigenvalue weighted by molar-refractivity contribution is -0.132. The zero-order valence-corrected chi connectivity index (χ0v) is 15.9. The van der Waals surface area contributed by atoms with Gasteiger partial charge in [0.15, 0.2) is 9.84 Å². The van der Waals surface area contributed by atoms with Crippen LogP contribution >= 0.6 is 22.7 Å². The lowest BCUT2D eigenvalue weighted by Gasteiger charge is -2.27. The van der Waals surface area contributed by atoms with Gasteiger partial charge in [-0.3, -0.25) is 4.79 Å². The third-order valence-electron chi connectivity index (χ3n) is 4.09. The van der Waals surface area contributed by atoms with Gasteiger partial charge in [-0.25, -0.2) is 13.4 Å². The van der Waals surface area contributed by atoms with Crippen molar-refractivity contribution in [2.24, 2.45) is 0 Å². The Labute approximate surface area is 150 Å². The van der Waals surface area contributed by atoms with Crippen LogP contribution in [0.25, 0.3) is 10.6 Å². The van der Waals surface area contributed by atoms with Gasteiger partial charge < -0.3 is 4.90 Å². The first-order chi connectivity index (χ1) is 11.5. The minimum Gasteiger partial charge on any atom is -0.338 e. The molecular weight excluding hydrogens is 364 g/mol. The maximum atomic E-state index is 12.7. The first-order valence-electron chi connectivity index (χ1n) is 7.95. The van der Waals surface area contributed by atoms with E-state index in [1.165, 1.54) is 11.3 Å². The molecule has 0 aliphatic carbocycles. The van der Waals surface area contributed by atoms with E-state index in [0.717, 1.165) is 22.7 Å². The van der Waals surface area contributed by atoms with Gasteiger partial charge in [0.2, 0.25) is 5.91 Å². The van der Waals surface area contributed by atoms with E-state index < -0.39 is 9.84 Å². The van der Waals surface area contributed by atoms with Crippen molar-refractivity contribution in [3.05, 3.63) is 27.9 Å². The zero-order chi connectivity index (χ0) is 17.2. The maximum absolute atomic E-state index is 12.7. The molecule has 2 aromatic rings. The monoisotopic (exact) mass is 384 g/mol. The molecule has 0 spiro atoms. The third-order valence-corrected chi connectivity index (χ3v) is 7.46. The van der Waals surface area contributed by atoms with Crippen LogP contribution in [0.5, 0.6) is 0 Å². The Morgan fingerprint density at radius 3 is 2.88 bits per heavy atom. The lowest BCUT2D eigenvalue weighted by Crippen LogP contribution is -2.42. The second-order valence-corrected chi connectivity index (χ2v) is 9.84. The van der Waals surface area contributed by atoms with Crippen molar-refractivity contribution in [3.8, 4) is 10.6 Å². The van der Waals surface area contributed by atoms with Gasteiger partial charge in [-0.2, -0.15) is 11.3 Å². The summed E-state index contributed by atoms with van der Waals surface area (Å²) in [7, 11) is -3.00. The van der Waals surface area contributed by atoms with Crippen LogP contribution in [0, 0.1) is 0 Å². The molecule has 0 N–H and O–H groups in total. The molecule has 3 rings (SSSR count). The highest BCUT2D eigenvalue weighted by Gasteiger charge is 2.34. The predicted molar refractivity (Wildman–Crippen MR) is 98.2 cm³/mol. The fourth-order valence-corrected chi connectivity index (χ4v) is 6.20. The summed E-state index contributed by atoms with van der Waals surface area (Å²) in [5.74, 6) is 0.251. The maximum Gasteiger partial charge on any atom is 0.228 e. The average Bonchev–Trinajstić information content (AvgIpc) is 3.24. The highest BCUT2D eigenvalue weighted by atomic mass is 32.2. The smallest absolute Gasteiger partial charge is 0.228 e. The van der Waals surface area contributed by atoms with Gasteiger partial charge in [-0.1, -0.05) is 6.92 Å². The van der Waals surface area contributed by atoms with E-state index in [1.807, 2.05) is 29.1 Å². The molecule has 2 aromatic heterocycles. The first kappa shape index (κ1) is 17.6. The summed E-state index contributed by atoms with van der Waals surface area (Å²) in [6.07, 6.45) is 1.60. The standard InChI is InChI=1S/C16H20N2O3S3/c1-2-5-18(14-4-7-24(20,21)11-14)15(19)8-13-10-23-16(17-13)12-3-6-22-9-12/h3,6,9-10,14H,2,4-5,7-8,11H2,1H3. The number of hydrogen-bond acceptors (Lipinski definition) is 6. The minimum absolute atomic E-state index is 0.0267. The molecule has 1 amide bonds. The Hall–Kier alpha value is -1.25. The zero-order valence-electron chi connectivity index (χ0n) is 13.5. The number of carbonyl (C=O) groups excluding carboxylic acids is 1. The molecule has 1 aliphatic rings. The van der Waals surface area contributed by atoms with Crippen LogP contribution in [0.15, 0.2) is 22.2 Å². The molecule has 0 aromatic carbocycles. The second kappa shape index (κ2) is 7.33. The van der Waals surface area contributed by atoms with Gasteiger partial charge in [0.25, 0.3) is 0 Å². The van der Waals surface area contributed by atoms with Gasteiger partial charge in [0.05, 0.1) is 23.6 Å². The molecule has 0 saturated carbocycles. The lowest BCUT2D eigenvalue weighted by atomic mass is 10.2. The molecule has 8 heteroatoms. The molecular formula is C16H20N2O3S3. The van der Waals surface area contributed by atoms with Crippen molar-refractivity contribution in [3.63, 3.8) is 0 Å². The largest absolute Gasteiger partial charge is 0.338 e. The van der Waals surface area contributed by atoms with Crippen molar-refractivity contribution in [1.29, 1.82) is 0 Å². The van der Waals surface area contributed by atoms with E-state index >= 15 is 0 Å². The van der Waals surface area contributed by atoms with Crippen molar-refractivity contribution in [2.45, 2.75) is 32.2 Å². The van der Waals surface area contributed by atoms with E-state index in [1.54, 1.807) is 16.2 Å². The van der Waals surface area contributed by atoms with Gasteiger partial charge in [0, 0.05) is 28.9 Å². The van der Waals surface area contributed by atoms with E-state index in [2.05, 4.69) is 4.98 Å². The first-order valence-corrected chi connectivity index (χ1v) is 11.6. The molecule has 0 bridgehead atoms. The van der Waals surface area contributed by atoms with Crippen molar-refractivity contribution in [1.82, 2.24) is 9.88 Å². The summed E-state index contributed by atoms with van der Waals surface area (Å²) < 4.78 is 23.4. The molecule has 1 atom stereocenters. The Morgan fingerprint density at radius 2 is 2.25 bits per heavy atom. The number of aromatic nitrogens is 1. The minimum atomic E-state index is -3.00. The van der Waals surface area contributed by atoms with Crippen molar-refractivity contribution in [2.75, 3.05) is 18.1 Å². The number of nitrogens with zero attached hydrogens (tertiary/aromatic N) is 2. The predicted octanol–water partition coefficient (Wildman–Crippen LogP) is 2.84. The number of carbonyl (C=O) groups is 1. The molecule has 5 nitrogen and oxygen atoms in total. The van der Waals surface area contributed by atoms with Gasteiger partial charge >= 0.3 is 0 Å². The number of sulfone groups is 1. The highest BCUT2D eigenvalue weighted by molar-refractivity contribution is 7.91. The van der Waals surface area contributed by atoms with Crippen molar-refractivity contribution < 1.29 is 13.2 Å². The second-order valence-electron chi connectivity index (χ2n) is 5.98. The summed E-state index contributed by atoms with van der Waals surface area (Å²) >= 11 is 3.16. The Bertz CT molecular complexity index is 796. The summed E-state index contributed by atoms with van der Waals surface area (Å²) in [6.45, 7) is 2.60. The number of hydrogen-bond donors (Lipinski definition) is 0. The molecule has 130 valence electrons. The van der Waals surface area contributed by atoms with E-state index in [0.29, 0.717) is 13.0 Å². The molecule has 1 aliphatic heterocycles. The summed E-state index contributed by atoms with van der Waals surface area (Å²) in [5, 5.41) is 6.88. The van der Waals surface area contributed by atoms with E-state index in [9.17, 15) is 13.2 Å². The fourth-order valence-electron chi connectivity index (χ4n) is 2.94. The Kier molecular flexibility index (Phi) is 5.36. The van der Waals surface area contributed by atoms with Crippen LogP contribution in [0.3, 0.4) is 0 Å². The van der Waals surface area contributed by atoms with Crippen LogP contribution in [0.1, 0.15) is 25.5 Å². The van der Waals surface area contributed by atoms with Crippen LogP contribution in [0.4, 0.5) is 0 Å². The summed E-state index contributed by atoms with van der Waals surface area (Å²) in [4.78, 5) is 19.0. The van der Waals surface area contributed by atoms with E-state index in [-0.39, 0.29) is 29.9 Å². The Morgan fingerprint density at radius 1 is 1.42 bits per heavy atom. The average molecular weight is 385 g/mol. The quantitative estimate of drug-likeness (QED) is 0.768. The number of thiazole rings is 1. The summed E-state index contributed by atoms with van der Waals surface area (Å²) in [6, 6.07) is 1.83. The van der Waals surface area contributed by atoms with Gasteiger partial charge in [-0.15, -0.1) is 11.3 Å². The van der Waals surface area contributed by atoms with Crippen LogP contribution in [0.2, 0.25) is 0 Å². The molecule has 24 heavy (non-hydrogen) atoms. The van der Waals surface area contributed by atoms with Crippen LogP contribution in [-0.4, -0.2) is 48.3 Å². The van der Waals surface area contributed by atoms with Crippen LogP contribution in [-0.2, 0) is 21.1 Å². The van der Waals surface area contributed by atoms with Gasteiger partial charge in [-0.05, 0) is 24.3 Å². The molecule has 1 saturated heterocycles. The normalized spacial score (nSPS) is 19.5. The number of rotatable bonds is 6. The highest BCUT2D eigenvalue weighted by Crippen LogP contribution is 2.26. The molecule has 0 radical (unpaired) electrons. The molecule has 1 unspecified atom stereocenters. The van der Waals surface area contributed by atoms with Crippen molar-refractivity contribution >= 4 is 38.4 Å². The fraction of sp³-hybridized carbons (Fsp3) is 0.500. The SMILES string of the molecule is CCCN(C(=O)Cc1csc(-c2ccsc2)n1)C1CCS(=O)(=O)C1. The number of thiophene rings is 1. The topological polar surface area (TPSA) is 67.3 Å².